The third-order valence-corrected chi connectivity index (χ3v) is 5.03. The molecule has 0 saturated heterocycles. The fourth-order valence-corrected chi connectivity index (χ4v) is 3.73. The SMILES string of the molecule is CCN1CCc2nc(NC(=O)Cc3ccc(OC)cc3)sc2C1. The van der Waals surface area contributed by atoms with Gasteiger partial charge in [-0.3, -0.25) is 9.69 Å². The van der Waals surface area contributed by atoms with E-state index in [0.717, 1.165) is 43.1 Å². The van der Waals surface area contributed by atoms with Gasteiger partial charge < -0.3 is 10.1 Å². The zero-order chi connectivity index (χ0) is 16.2. The number of aromatic nitrogens is 1. The molecule has 0 spiro atoms. The van der Waals surface area contributed by atoms with Gasteiger partial charge in [-0.1, -0.05) is 19.1 Å². The van der Waals surface area contributed by atoms with E-state index in [1.54, 1.807) is 18.4 Å². The highest BCUT2D eigenvalue weighted by Gasteiger charge is 2.20. The minimum Gasteiger partial charge on any atom is -0.497 e. The first-order valence-electron chi connectivity index (χ1n) is 7.81. The largest absolute Gasteiger partial charge is 0.497 e. The molecular weight excluding hydrogens is 310 g/mol. The predicted molar refractivity (Wildman–Crippen MR) is 92.1 cm³/mol. The predicted octanol–water partition coefficient (Wildman–Crippen LogP) is 2.71. The summed E-state index contributed by atoms with van der Waals surface area (Å²) in [4.78, 5) is 20.4. The van der Waals surface area contributed by atoms with Crippen molar-refractivity contribution >= 4 is 22.4 Å². The number of hydrogen-bond donors (Lipinski definition) is 1. The lowest BCUT2D eigenvalue weighted by Crippen LogP contribution is -2.29. The zero-order valence-corrected chi connectivity index (χ0v) is 14.3. The molecule has 1 N–H and O–H groups in total. The molecule has 122 valence electrons. The summed E-state index contributed by atoms with van der Waals surface area (Å²) in [6.07, 6.45) is 1.31. The Hall–Kier alpha value is -1.92. The molecule has 1 aromatic heterocycles. The number of hydrogen-bond acceptors (Lipinski definition) is 5. The third-order valence-electron chi connectivity index (χ3n) is 4.03. The molecule has 0 bridgehead atoms. The molecule has 0 radical (unpaired) electrons. The summed E-state index contributed by atoms with van der Waals surface area (Å²) in [7, 11) is 1.63. The van der Waals surface area contributed by atoms with Crippen molar-refractivity contribution in [2.75, 3.05) is 25.5 Å². The summed E-state index contributed by atoms with van der Waals surface area (Å²) in [6, 6.07) is 7.54. The molecule has 0 unspecified atom stereocenters. The van der Waals surface area contributed by atoms with Crippen LogP contribution in [0.3, 0.4) is 0 Å². The summed E-state index contributed by atoms with van der Waals surface area (Å²) in [6.45, 7) is 5.21. The zero-order valence-electron chi connectivity index (χ0n) is 13.5. The Balaban J connectivity index is 1.60. The van der Waals surface area contributed by atoms with E-state index in [4.69, 9.17) is 4.74 Å². The maximum Gasteiger partial charge on any atom is 0.230 e. The highest BCUT2D eigenvalue weighted by atomic mass is 32.1. The van der Waals surface area contributed by atoms with Crippen LogP contribution in [0, 0.1) is 0 Å². The second-order valence-electron chi connectivity index (χ2n) is 5.58. The van der Waals surface area contributed by atoms with Gasteiger partial charge in [0.2, 0.25) is 5.91 Å². The van der Waals surface area contributed by atoms with Gasteiger partial charge in [0, 0.05) is 24.4 Å². The van der Waals surface area contributed by atoms with Gasteiger partial charge in [0.05, 0.1) is 19.2 Å². The number of fused-ring (bicyclic) bond motifs is 1. The van der Waals surface area contributed by atoms with Crippen LogP contribution in [0.5, 0.6) is 5.75 Å². The smallest absolute Gasteiger partial charge is 0.230 e. The topological polar surface area (TPSA) is 54.5 Å². The number of likely N-dealkylation sites (N-methyl/N-ethyl adjacent to an activating group) is 1. The van der Waals surface area contributed by atoms with Crippen LogP contribution in [0.2, 0.25) is 0 Å². The molecule has 1 amide bonds. The lowest BCUT2D eigenvalue weighted by molar-refractivity contribution is -0.115. The van der Waals surface area contributed by atoms with E-state index in [1.165, 1.54) is 4.88 Å². The Kier molecular flexibility index (Phi) is 4.93. The van der Waals surface area contributed by atoms with Crippen LogP contribution in [0.15, 0.2) is 24.3 Å². The molecule has 1 aliphatic heterocycles. The minimum atomic E-state index is -0.0337. The Morgan fingerprint density at radius 1 is 1.39 bits per heavy atom. The van der Waals surface area contributed by atoms with Crippen LogP contribution in [-0.2, 0) is 24.2 Å². The monoisotopic (exact) mass is 331 g/mol. The fourth-order valence-electron chi connectivity index (χ4n) is 2.66. The highest BCUT2D eigenvalue weighted by Crippen LogP contribution is 2.28. The molecule has 0 fully saturated rings. The highest BCUT2D eigenvalue weighted by molar-refractivity contribution is 7.15. The summed E-state index contributed by atoms with van der Waals surface area (Å²) >= 11 is 1.59. The first-order chi connectivity index (χ1) is 11.2. The van der Waals surface area contributed by atoms with Gasteiger partial charge in [0.1, 0.15) is 5.75 Å². The van der Waals surface area contributed by atoms with E-state index in [1.807, 2.05) is 24.3 Å². The maximum atomic E-state index is 12.2. The molecule has 0 aliphatic carbocycles. The van der Waals surface area contributed by atoms with Crippen molar-refractivity contribution in [1.82, 2.24) is 9.88 Å². The van der Waals surface area contributed by atoms with Crippen molar-refractivity contribution in [2.24, 2.45) is 0 Å². The first-order valence-corrected chi connectivity index (χ1v) is 8.63. The maximum absolute atomic E-state index is 12.2. The second-order valence-corrected chi connectivity index (χ2v) is 6.66. The van der Waals surface area contributed by atoms with Crippen molar-refractivity contribution in [2.45, 2.75) is 26.3 Å². The van der Waals surface area contributed by atoms with Gasteiger partial charge in [-0.25, -0.2) is 4.98 Å². The standard InChI is InChI=1S/C17H21N3O2S/c1-3-20-9-8-14-15(11-20)23-17(18-14)19-16(21)10-12-4-6-13(22-2)7-5-12/h4-7H,3,8-11H2,1-2H3,(H,18,19,21). The summed E-state index contributed by atoms with van der Waals surface area (Å²) in [5.74, 6) is 0.760. The van der Waals surface area contributed by atoms with Crippen LogP contribution >= 0.6 is 11.3 Å². The van der Waals surface area contributed by atoms with Gasteiger partial charge in [0.25, 0.3) is 0 Å². The number of ether oxygens (including phenoxy) is 1. The quantitative estimate of drug-likeness (QED) is 0.915. The van der Waals surface area contributed by atoms with Crippen molar-refractivity contribution in [3.63, 3.8) is 0 Å². The first kappa shape index (κ1) is 16.0. The van der Waals surface area contributed by atoms with Gasteiger partial charge in [-0.05, 0) is 24.2 Å². The normalized spacial score (nSPS) is 14.3. The van der Waals surface area contributed by atoms with Gasteiger partial charge in [-0.2, -0.15) is 0 Å². The van der Waals surface area contributed by atoms with Gasteiger partial charge in [-0.15, -0.1) is 11.3 Å². The molecule has 0 saturated carbocycles. The fraction of sp³-hybridized carbons (Fsp3) is 0.412. The van der Waals surface area contributed by atoms with Gasteiger partial charge >= 0.3 is 0 Å². The Bertz CT molecular complexity index is 682. The number of carbonyl (C=O) groups is 1. The van der Waals surface area contributed by atoms with Crippen LogP contribution in [0.1, 0.15) is 23.1 Å². The number of thiazole rings is 1. The number of benzene rings is 1. The summed E-state index contributed by atoms with van der Waals surface area (Å²) < 4.78 is 5.12. The number of nitrogens with one attached hydrogen (secondary N) is 1. The summed E-state index contributed by atoms with van der Waals surface area (Å²) in [5.41, 5.74) is 2.10. The lowest BCUT2D eigenvalue weighted by Gasteiger charge is -2.23. The average Bonchev–Trinajstić information content (AvgIpc) is 2.96. The number of amides is 1. The molecule has 5 nitrogen and oxygen atoms in total. The van der Waals surface area contributed by atoms with Crippen LogP contribution < -0.4 is 10.1 Å². The van der Waals surface area contributed by atoms with Crippen molar-refractivity contribution in [3.8, 4) is 5.75 Å². The summed E-state index contributed by atoms with van der Waals surface area (Å²) in [5, 5.41) is 3.64. The van der Waals surface area contributed by atoms with Crippen LogP contribution in [0.4, 0.5) is 5.13 Å². The van der Waals surface area contributed by atoms with E-state index in [2.05, 4.69) is 22.1 Å². The number of nitrogens with zero attached hydrogens (tertiary/aromatic N) is 2. The Morgan fingerprint density at radius 2 is 2.17 bits per heavy atom. The molecule has 1 aromatic carbocycles. The number of anilines is 1. The van der Waals surface area contributed by atoms with E-state index in [-0.39, 0.29) is 5.91 Å². The van der Waals surface area contributed by atoms with Crippen molar-refractivity contribution < 1.29 is 9.53 Å². The molecular formula is C17H21N3O2S. The minimum absolute atomic E-state index is 0.0337. The van der Waals surface area contributed by atoms with E-state index < -0.39 is 0 Å². The van der Waals surface area contributed by atoms with Crippen molar-refractivity contribution in [3.05, 3.63) is 40.4 Å². The Morgan fingerprint density at radius 3 is 2.87 bits per heavy atom. The Labute approximate surface area is 140 Å². The molecule has 1 aliphatic rings. The third kappa shape index (κ3) is 3.89. The van der Waals surface area contributed by atoms with E-state index >= 15 is 0 Å². The molecule has 2 heterocycles. The van der Waals surface area contributed by atoms with Crippen LogP contribution in [0.25, 0.3) is 0 Å². The molecule has 0 atom stereocenters. The van der Waals surface area contributed by atoms with Crippen LogP contribution in [-0.4, -0.2) is 36.0 Å². The van der Waals surface area contributed by atoms with Crippen molar-refractivity contribution in [1.29, 1.82) is 0 Å². The van der Waals surface area contributed by atoms with Gasteiger partial charge in [0.15, 0.2) is 5.13 Å². The number of rotatable bonds is 5. The number of carbonyl (C=O) groups excluding carboxylic acids is 1. The average molecular weight is 331 g/mol. The second kappa shape index (κ2) is 7.10. The number of methoxy groups -OCH3 is 1. The van der Waals surface area contributed by atoms with E-state index in [0.29, 0.717) is 11.6 Å². The molecule has 23 heavy (non-hydrogen) atoms. The molecule has 2 aromatic rings. The molecule has 6 heteroatoms. The molecule has 3 rings (SSSR count). The van der Waals surface area contributed by atoms with E-state index in [9.17, 15) is 4.79 Å². The lowest BCUT2D eigenvalue weighted by atomic mass is 10.1.